The largest absolute Gasteiger partial charge is 0.490 e. The molecule has 0 spiro atoms. The van der Waals surface area contributed by atoms with Crippen LogP contribution in [-0.2, 0) is 6.61 Å². The number of rotatable bonds is 7. The van der Waals surface area contributed by atoms with Gasteiger partial charge >= 0.3 is 0 Å². The summed E-state index contributed by atoms with van der Waals surface area (Å²) in [6.07, 6.45) is 4.67. The molecule has 0 bridgehead atoms. The maximum Gasteiger partial charge on any atom is 0.180 e. The summed E-state index contributed by atoms with van der Waals surface area (Å²) in [7, 11) is 0. The lowest BCUT2D eigenvalue weighted by molar-refractivity contribution is 0.270. The number of nitrogens with zero attached hydrogens (tertiary/aromatic N) is 4. The van der Waals surface area contributed by atoms with E-state index >= 15 is 0 Å². The minimum Gasteiger partial charge on any atom is -0.490 e. The summed E-state index contributed by atoms with van der Waals surface area (Å²) in [4.78, 5) is 0. The van der Waals surface area contributed by atoms with Gasteiger partial charge in [0.1, 0.15) is 19.3 Å². The second-order valence-corrected chi connectivity index (χ2v) is 6.68. The van der Waals surface area contributed by atoms with E-state index in [-0.39, 0.29) is 0 Å². The molecular formula is C22H19ClN4O2. The van der Waals surface area contributed by atoms with E-state index in [9.17, 15) is 0 Å². The molecule has 0 amide bonds. The molecule has 3 aromatic carbocycles. The van der Waals surface area contributed by atoms with Gasteiger partial charge in [0, 0.05) is 0 Å². The van der Waals surface area contributed by atoms with Crippen LogP contribution in [0.15, 0.2) is 72.4 Å². The molecule has 0 aliphatic carbocycles. The Kier molecular flexibility index (Phi) is 5.72. The van der Waals surface area contributed by atoms with E-state index in [0.717, 1.165) is 16.5 Å². The molecule has 7 heteroatoms. The van der Waals surface area contributed by atoms with Crippen LogP contribution in [0.25, 0.3) is 10.8 Å². The standard InChI is InChI=1S/C22H19ClN4O2/c1-2-28-21-11-16(12-26-27-14-24-25-15-27)10-20(23)22(21)29-13-18-8-5-7-17-6-3-4-9-19(17)18/h3-12,14-15H,2,13H2,1H3. The smallest absolute Gasteiger partial charge is 0.180 e. The number of fused-ring (bicyclic) bond motifs is 1. The van der Waals surface area contributed by atoms with Gasteiger partial charge in [0.05, 0.1) is 17.8 Å². The third kappa shape index (κ3) is 4.38. The molecule has 0 saturated carbocycles. The fraction of sp³-hybridized carbons (Fsp3) is 0.136. The van der Waals surface area contributed by atoms with Crippen LogP contribution in [0.2, 0.25) is 5.02 Å². The molecule has 0 aliphatic rings. The first-order valence-electron chi connectivity index (χ1n) is 9.19. The third-order valence-electron chi connectivity index (χ3n) is 4.33. The predicted octanol–water partition coefficient (Wildman–Crippen LogP) is 4.94. The summed E-state index contributed by atoms with van der Waals surface area (Å²) < 4.78 is 13.4. The summed E-state index contributed by atoms with van der Waals surface area (Å²) in [5, 5.41) is 14.5. The molecule has 0 fully saturated rings. The van der Waals surface area contributed by atoms with Crippen LogP contribution in [0, 0.1) is 0 Å². The van der Waals surface area contributed by atoms with E-state index in [0.29, 0.717) is 29.7 Å². The molecule has 0 aliphatic heterocycles. The minimum atomic E-state index is 0.384. The van der Waals surface area contributed by atoms with Gasteiger partial charge in [0.2, 0.25) is 0 Å². The van der Waals surface area contributed by atoms with Gasteiger partial charge in [-0.05, 0) is 41.0 Å². The summed E-state index contributed by atoms with van der Waals surface area (Å²) >= 11 is 6.52. The van der Waals surface area contributed by atoms with Crippen molar-refractivity contribution in [2.45, 2.75) is 13.5 Å². The van der Waals surface area contributed by atoms with Crippen molar-refractivity contribution in [2.75, 3.05) is 6.61 Å². The molecule has 1 heterocycles. The Labute approximate surface area is 173 Å². The zero-order valence-corrected chi connectivity index (χ0v) is 16.6. The third-order valence-corrected chi connectivity index (χ3v) is 4.61. The average Bonchev–Trinajstić information content (AvgIpc) is 3.26. The lowest BCUT2D eigenvalue weighted by atomic mass is 10.1. The van der Waals surface area contributed by atoms with Crippen molar-refractivity contribution in [3.05, 3.63) is 83.4 Å². The van der Waals surface area contributed by atoms with E-state index in [4.69, 9.17) is 21.1 Å². The van der Waals surface area contributed by atoms with Crippen molar-refractivity contribution in [1.29, 1.82) is 0 Å². The summed E-state index contributed by atoms with van der Waals surface area (Å²) in [5.41, 5.74) is 1.87. The van der Waals surface area contributed by atoms with Crippen LogP contribution in [0.3, 0.4) is 0 Å². The van der Waals surface area contributed by atoms with Gasteiger partial charge in [-0.25, -0.2) is 4.68 Å². The van der Waals surface area contributed by atoms with Crippen LogP contribution in [0.4, 0.5) is 0 Å². The number of ether oxygens (including phenoxy) is 2. The lowest BCUT2D eigenvalue weighted by Gasteiger charge is -2.15. The Morgan fingerprint density at radius 2 is 1.83 bits per heavy atom. The second-order valence-electron chi connectivity index (χ2n) is 6.28. The second kappa shape index (κ2) is 8.75. The van der Waals surface area contributed by atoms with E-state index in [2.05, 4.69) is 39.6 Å². The van der Waals surface area contributed by atoms with Crippen LogP contribution >= 0.6 is 11.6 Å². The molecule has 0 N–H and O–H groups in total. The van der Waals surface area contributed by atoms with Gasteiger partial charge in [-0.15, -0.1) is 10.2 Å². The maximum absolute atomic E-state index is 6.52. The number of halogens is 1. The topological polar surface area (TPSA) is 61.5 Å². The van der Waals surface area contributed by atoms with Gasteiger partial charge in [-0.1, -0.05) is 54.1 Å². The molecule has 0 radical (unpaired) electrons. The van der Waals surface area contributed by atoms with Crippen molar-refractivity contribution < 1.29 is 9.47 Å². The van der Waals surface area contributed by atoms with Crippen molar-refractivity contribution in [1.82, 2.24) is 14.9 Å². The normalized spacial score (nSPS) is 11.2. The van der Waals surface area contributed by atoms with Crippen LogP contribution in [0.5, 0.6) is 11.5 Å². The van der Waals surface area contributed by atoms with Crippen LogP contribution in [0.1, 0.15) is 18.1 Å². The molecular weight excluding hydrogens is 388 g/mol. The molecule has 146 valence electrons. The first-order valence-corrected chi connectivity index (χ1v) is 9.57. The van der Waals surface area contributed by atoms with Crippen molar-refractivity contribution in [3.63, 3.8) is 0 Å². The van der Waals surface area contributed by atoms with Gasteiger partial charge in [0.15, 0.2) is 11.5 Å². The number of hydrogen-bond acceptors (Lipinski definition) is 5. The molecule has 0 unspecified atom stereocenters. The predicted molar refractivity (Wildman–Crippen MR) is 114 cm³/mol. The Hall–Kier alpha value is -3.38. The van der Waals surface area contributed by atoms with Crippen molar-refractivity contribution >= 4 is 28.6 Å². The monoisotopic (exact) mass is 406 g/mol. The number of aromatic nitrogens is 3. The first kappa shape index (κ1) is 19.0. The highest BCUT2D eigenvalue weighted by Gasteiger charge is 2.13. The highest BCUT2D eigenvalue weighted by Crippen LogP contribution is 2.37. The first-order chi connectivity index (χ1) is 14.2. The SMILES string of the molecule is CCOc1cc(C=Nn2cnnc2)cc(Cl)c1OCc1cccc2ccccc12. The Bertz CT molecular complexity index is 1140. The summed E-state index contributed by atoms with van der Waals surface area (Å²) in [5.74, 6) is 1.09. The van der Waals surface area contributed by atoms with E-state index in [1.165, 1.54) is 22.7 Å². The van der Waals surface area contributed by atoms with Crippen molar-refractivity contribution in [2.24, 2.45) is 5.10 Å². The fourth-order valence-electron chi connectivity index (χ4n) is 3.02. The Morgan fingerprint density at radius 3 is 2.66 bits per heavy atom. The maximum atomic E-state index is 6.52. The van der Waals surface area contributed by atoms with E-state index in [1.807, 2.05) is 31.2 Å². The zero-order valence-electron chi connectivity index (χ0n) is 15.8. The average molecular weight is 407 g/mol. The van der Waals surface area contributed by atoms with Gasteiger partial charge in [-0.3, -0.25) is 0 Å². The zero-order chi connectivity index (χ0) is 20.1. The highest BCUT2D eigenvalue weighted by molar-refractivity contribution is 6.32. The van der Waals surface area contributed by atoms with Crippen LogP contribution in [-0.4, -0.2) is 27.7 Å². The lowest BCUT2D eigenvalue weighted by Crippen LogP contribution is -2.02. The fourth-order valence-corrected chi connectivity index (χ4v) is 3.30. The molecule has 29 heavy (non-hydrogen) atoms. The Morgan fingerprint density at radius 1 is 1.03 bits per heavy atom. The molecule has 6 nitrogen and oxygen atoms in total. The molecule has 0 saturated heterocycles. The van der Waals surface area contributed by atoms with Crippen LogP contribution < -0.4 is 9.47 Å². The van der Waals surface area contributed by atoms with E-state index in [1.54, 1.807) is 12.3 Å². The minimum absolute atomic E-state index is 0.384. The van der Waals surface area contributed by atoms with Gasteiger partial charge in [0.25, 0.3) is 0 Å². The highest BCUT2D eigenvalue weighted by atomic mass is 35.5. The Balaban J connectivity index is 1.60. The van der Waals surface area contributed by atoms with E-state index < -0.39 is 0 Å². The van der Waals surface area contributed by atoms with Crippen molar-refractivity contribution in [3.8, 4) is 11.5 Å². The summed E-state index contributed by atoms with van der Waals surface area (Å²) in [6.45, 7) is 2.79. The molecule has 1 aromatic heterocycles. The number of benzene rings is 3. The summed E-state index contributed by atoms with van der Waals surface area (Å²) in [6, 6.07) is 18.0. The number of hydrogen-bond donors (Lipinski definition) is 0. The molecule has 4 aromatic rings. The van der Waals surface area contributed by atoms with Gasteiger partial charge in [-0.2, -0.15) is 5.10 Å². The molecule has 0 atom stereocenters. The molecule has 4 rings (SSSR count). The quantitative estimate of drug-likeness (QED) is 0.407. The van der Waals surface area contributed by atoms with Gasteiger partial charge < -0.3 is 9.47 Å².